The van der Waals surface area contributed by atoms with Gasteiger partial charge in [-0.25, -0.2) is 0 Å². The van der Waals surface area contributed by atoms with E-state index in [9.17, 15) is 0 Å². The maximum absolute atomic E-state index is 3.60. The maximum atomic E-state index is 3.60. The summed E-state index contributed by atoms with van der Waals surface area (Å²) in [5, 5.41) is 3.60. The van der Waals surface area contributed by atoms with Crippen LogP contribution in [0.3, 0.4) is 0 Å². The van der Waals surface area contributed by atoms with E-state index < -0.39 is 0 Å². The topological polar surface area (TPSA) is 15.3 Å². The normalized spacial score (nSPS) is 23.3. The number of rotatable bonds is 5. The molecule has 1 aliphatic heterocycles. The second-order valence-electron chi connectivity index (χ2n) is 6.45. The molecular formula is C14H30N2S. The summed E-state index contributed by atoms with van der Waals surface area (Å²) in [5.74, 6) is 2.00. The number of hydrogen-bond acceptors (Lipinski definition) is 3. The van der Waals surface area contributed by atoms with E-state index in [1.165, 1.54) is 18.8 Å². The lowest BCUT2D eigenvalue weighted by Gasteiger charge is -2.43. The summed E-state index contributed by atoms with van der Waals surface area (Å²) in [5.41, 5.74) is 0. The predicted molar refractivity (Wildman–Crippen MR) is 79.9 cm³/mol. The minimum Gasteiger partial charge on any atom is -0.313 e. The van der Waals surface area contributed by atoms with Crippen LogP contribution in [0.5, 0.6) is 0 Å². The number of hydrogen-bond donors (Lipinski definition) is 1. The van der Waals surface area contributed by atoms with Crippen molar-refractivity contribution in [3.8, 4) is 0 Å². The molecule has 0 aliphatic carbocycles. The van der Waals surface area contributed by atoms with Crippen molar-refractivity contribution in [1.29, 1.82) is 0 Å². The third-order valence-corrected chi connectivity index (χ3v) is 4.73. The molecule has 0 aromatic heterocycles. The first kappa shape index (κ1) is 15.3. The van der Waals surface area contributed by atoms with E-state index in [4.69, 9.17) is 0 Å². The van der Waals surface area contributed by atoms with Crippen molar-refractivity contribution >= 4 is 11.8 Å². The summed E-state index contributed by atoms with van der Waals surface area (Å²) in [6.07, 6.45) is 0. The van der Waals surface area contributed by atoms with Gasteiger partial charge in [0.05, 0.1) is 0 Å². The number of nitrogens with zero attached hydrogens (tertiary/aromatic N) is 1. The molecule has 1 atom stereocenters. The zero-order valence-corrected chi connectivity index (χ0v) is 13.2. The molecule has 0 spiro atoms. The van der Waals surface area contributed by atoms with Gasteiger partial charge in [-0.1, -0.05) is 27.7 Å². The van der Waals surface area contributed by atoms with Gasteiger partial charge >= 0.3 is 0 Å². The Hall–Kier alpha value is 0.270. The Balaban J connectivity index is 2.57. The lowest BCUT2D eigenvalue weighted by molar-refractivity contribution is 0.143. The lowest BCUT2D eigenvalue weighted by Crippen LogP contribution is -2.53. The zero-order chi connectivity index (χ0) is 13.1. The van der Waals surface area contributed by atoms with E-state index in [1.54, 1.807) is 0 Å². The minimum absolute atomic E-state index is 0.420. The fourth-order valence-electron chi connectivity index (χ4n) is 2.48. The molecule has 1 unspecified atom stereocenters. The van der Waals surface area contributed by atoms with Crippen LogP contribution in [0.25, 0.3) is 0 Å². The molecule has 17 heavy (non-hydrogen) atoms. The molecule has 3 heteroatoms. The zero-order valence-electron chi connectivity index (χ0n) is 12.4. The highest BCUT2D eigenvalue weighted by Gasteiger charge is 2.32. The van der Waals surface area contributed by atoms with Gasteiger partial charge in [0.1, 0.15) is 0 Å². The van der Waals surface area contributed by atoms with Crippen LogP contribution in [0.2, 0.25) is 0 Å². The van der Waals surface area contributed by atoms with Crippen LogP contribution in [0.1, 0.15) is 41.5 Å². The van der Waals surface area contributed by atoms with Gasteiger partial charge in [0.15, 0.2) is 0 Å². The first-order chi connectivity index (χ1) is 7.82. The van der Waals surface area contributed by atoms with Crippen molar-refractivity contribution in [2.24, 2.45) is 5.92 Å². The van der Waals surface area contributed by atoms with Crippen LogP contribution in [-0.4, -0.2) is 47.1 Å². The highest BCUT2D eigenvalue weighted by atomic mass is 32.2. The summed E-state index contributed by atoms with van der Waals surface area (Å²) in [6, 6.07) is 1.26. The van der Waals surface area contributed by atoms with Gasteiger partial charge in [-0.2, -0.15) is 11.8 Å². The van der Waals surface area contributed by atoms with Crippen molar-refractivity contribution in [3.05, 3.63) is 0 Å². The molecule has 0 radical (unpaired) electrons. The highest BCUT2D eigenvalue weighted by molar-refractivity contribution is 8.00. The molecular weight excluding hydrogens is 228 g/mol. The van der Waals surface area contributed by atoms with Gasteiger partial charge in [0.25, 0.3) is 0 Å². The minimum atomic E-state index is 0.420. The van der Waals surface area contributed by atoms with Crippen LogP contribution in [-0.2, 0) is 0 Å². The van der Waals surface area contributed by atoms with Crippen molar-refractivity contribution in [1.82, 2.24) is 10.2 Å². The smallest absolute Gasteiger partial charge is 0.0244 e. The van der Waals surface area contributed by atoms with Gasteiger partial charge in [-0.05, 0) is 19.8 Å². The van der Waals surface area contributed by atoms with Crippen molar-refractivity contribution in [2.75, 3.05) is 25.4 Å². The molecule has 0 aromatic rings. The fourth-order valence-corrected chi connectivity index (χ4v) is 3.61. The lowest BCUT2D eigenvalue weighted by atomic mass is 10.00. The average Bonchev–Trinajstić information content (AvgIpc) is 2.15. The highest BCUT2D eigenvalue weighted by Crippen LogP contribution is 2.31. The Kier molecular flexibility index (Phi) is 5.81. The Bertz CT molecular complexity index is 226. The molecule has 0 saturated carbocycles. The average molecular weight is 258 g/mol. The second kappa shape index (κ2) is 6.44. The molecule has 1 heterocycles. The van der Waals surface area contributed by atoms with Gasteiger partial charge in [0, 0.05) is 42.2 Å². The summed E-state index contributed by atoms with van der Waals surface area (Å²) >= 11 is 2.12. The predicted octanol–water partition coefficient (Wildman–Crippen LogP) is 2.84. The summed E-state index contributed by atoms with van der Waals surface area (Å²) < 4.78 is 0.420. The third kappa shape index (κ3) is 5.19. The van der Waals surface area contributed by atoms with E-state index in [1.807, 2.05) is 0 Å². The van der Waals surface area contributed by atoms with E-state index in [0.717, 1.165) is 12.5 Å². The Morgan fingerprint density at radius 1 is 1.24 bits per heavy atom. The standard InChI is InChI=1S/C14H30N2S/c1-11(2)13(9-15-12(3)4)16-7-8-17-14(5,6)10-16/h11-13,15H,7-10H2,1-6H3. The van der Waals surface area contributed by atoms with Crippen LogP contribution < -0.4 is 5.32 Å². The van der Waals surface area contributed by atoms with Gasteiger partial charge < -0.3 is 5.32 Å². The third-order valence-electron chi connectivity index (χ3n) is 3.43. The first-order valence-corrected chi connectivity index (χ1v) is 7.92. The summed E-state index contributed by atoms with van der Waals surface area (Å²) in [4.78, 5) is 2.69. The largest absolute Gasteiger partial charge is 0.313 e. The fraction of sp³-hybridized carbons (Fsp3) is 1.00. The monoisotopic (exact) mass is 258 g/mol. The quantitative estimate of drug-likeness (QED) is 0.816. The molecule has 1 aliphatic rings. The van der Waals surface area contributed by atoms with Crippen LogP contribution in [0.4, 0.5) is 0 Å². The molecule has 0 aromatic carbocycles. The van der Waals surface area contributed by atoms with Gasteiger partial charge in [-0.15, -0.1) is 0 Å². The van der Waals surface area contributed by atoms with Crippen molar-refractivity contribution < 1.29 is 0 Å². The SMILES string of the molecule is CC(C)NCC(C(C)C)N1CCSC(C)(C)C1. The van der Waals surface area contributed by atoms with E-state index in [2.05, 4.69) is 63.5 Å². The molecule has 1 rings (SSSR count). The molecule has 2 nitrogen and oxygen atoms in total. The molecule has 102 valence electrons. The Morgan fingerprint density at radius 2 is 1.88 bits per heavy atom. The van der Waals surface area contributed by atoms with Crippen molar-refractivity contribution in [3.63, 3.8) is 0 Å². The number of thioether (sulfide) groups is 1. The van der Waals surface area contributed by atoms with E-state index >= 15 is 0 Å². The van der Waals surface area contributed by atoms with Crippen LogP contribution >= 0.6 is 11.8 Å². The maximum Gasteiger partial charge on any atom is 0.0244 e. The van der Waals surface area contributed by atoms with Gasteiger partial charge in [-0.3, -0.25) is 4.90 Å². The van der Waals surface area contributed by atoms with Crippen LogP contribution in [0, 0.1) is 5.92 Å². The molecule has 0 bridgehead atoms. The first-order valence-electron chi connectivity index (χ1n) is 6.93. The number of nitrogens with one attached hydrogen (secondary N) is 1. The summed E-state index contributed by atoms with van der Waals surface area (Å²) in [6.45, 7) is 17.5. The summed E-state index contributed by atoms with van der Waals surface area (Å²) in [7, 11) is 0. The second-order valence-corrected chi connectivity index (χ2v) is 8.26. The van der Waals surface area contributed by atoms with Crippen LogP contribution in [0.15, 0.2) is 0 Å². The molecule has 1 fully saturated rings. The molecule has 1 N–H and O–H groups in total. The van der Waals surface area contributed by atoms with Gasteiger partial charge in [0.2, 0.25) is 0 Å². The Morgan fingerprint density at radius 3 is 2.35 bits per heavy atom. The Labute approximate surface area is 112 Å². The molecule has 0 amide bonds. The van der Waals surface area contributed by atoms with Crippen molar-refractivity contribution in [2.45, 2.75) is 58.4 Å². The van der Waals surface area contributed by atoms with E-state index in [-0.39, 0.29) is 0 Å². The van der Waals surface area contributed by atoms with E-state index in [0.29, 0.717) is 16.8 Å². The molecule has 1 saturated heterocycles.